The summed E-state index contributed by atoms with van der Waals surface area (Å²) in [6.07, 6.45) is 1.20. The fourth-order valence-electron chi connectivity index (χ4n) is 1.78. The van der Waals surface area contributed by atoms with Crippen molar-refractivity contribution >= 4 is 27.3 Å². The maximum atomic E-state index is 3.55. The smallest absolute Gasteiger partial charge is 0.0285 e. The van der Waals surface area contributed by atoms with Crippen LogP contribution in [0.4, 0.5) is 0 Å². The summed E-state index contributed by atoms with van der Waals surface area (Å²) < 4.78 is 1.22. The van der Waals surface area contributed by atoms with Gasteiger partial charge in [-0.05, 0) is 59.3 Å². The van der Waals surface area contributed by atoms with Gasteiger partial charge >= 0.3 is 0 Å². The highest BCUT2D eigenvalue weighted by Gasteiger charge is 2.13. The molecule has 0 radical (unpaired) electrons. The Labute approximate surface area is 118 Å². The van der Waals surface area contributed by atoms with Crippen LogP contribution in [0.15, 0.2) is 15.9 Å². The molecular formula is C14H24BrNS. The van der Waals surface area contributed by atoms with Crippen LogP contribution in [0.1, 0.15) is 32.6 Å². The van der Waals surface area contributed by atoms with Gasteiger partial charge in [-0.3, -0.25) is 0 Å². The first kappa shape index (κ1) is 15.2. The number of halogens is 1. The topological polar surface area (TPSA) is 12.0 Å². The van der Waals surface area contributed by atoms with E-state index in [1.165, 1.54) is 15.8 Å². The molecule has 0 saturated carbocycles. The first-order valence-electron chi connectivity index (χ1n) is 6.42. The van der Waals surface area contributed by atoms with Crippen molar-refractivity contribution in [1.29, 1.82) is 0 Å². The van der Waals surface area contributed by atoms with Gasteiger partial charge in [-0.15, -0.1) is 11.3 Å². The molecule has 0 aliphatic heterocycles. The van der Waals surface area contributed by atoms with Gasteiger partial charge in [-0.1, -0.05) is 27.7 Å². The molecule has 0 fully saturated rings. The molecule has 3 heteroatoms. The predicted octanol–water partition coefficient (Wildman–Crippen LogP) is 4.57. The summed E-state index contributed by atoms with van der Waals surface area (Å²) >= 11 is 5.37. The average molecular weight is 318 g/mol. The molecule has 0 aliphatic carbocycles. The third-order valence-corrected chi connectivity index (χ3v) is 4.86. The zero-order chi connectivity index (χ0) is 12.8. The Morgan fingerprint density at radius 2 is 1.88 bits per heavy atom. The van der Waals surface area contributed by atoms with Crippen molar-refractivity contribution in [2.45, 2.75) is 34.1 Å². The van der Waals surface area contributed by atoms with E-state index in [0.29, 0.717) is 0 Å². The van der Waals surface area contributed by atoms with Crippen LogP contribution in [0, 0.1) is 17.8 Å². The molecule has 1 rings (SSSR count). The van der Waals surface area contributed by atoms with Crippen molar-refractivity contribution in [3.8, 4) is 0 Å². The molecule has 0 saturated heterocycles. The molecule has 0 amide bonds. The van der Waals surface area contributed by atoms with Crippen LogP contribution in [0.2, 0.25) is 0 Å². The minimum atomic E-state index is 0.731. The quantitative estimate of drug-likeness (QED) is 0.776. The first-order valence-corrected chi connectivity index (χ1v) is 8.10. The molecule has 0 aliphatic rings. The van der Waals surface area contributed by atoms with Crippen LogP contribution in [0.3, 0.4) is 0 Å². The molecule has 17 heavy (non-hydrogen) atoms. The van der Waals surface area contributed by atoms with E-state index >= 15 is 0 Å². The van der Waals surface area contributed by atoms with Crippen molar-refractivity contribution < 1.29 is 0 Å². The molecule has 2 unspecified atom stereocenters. The second-order valence-electron chi connectivity index (χ2n) is 5.44. The van der Waals surface area contributed by atoms with E-state index in [-0.39, 0.29) is 0 Å². The highest BCUT2D eigenvalue weighted by atomic mass is 79.9. The molecule has 1 aromatic rings. The van der Waals surface area contributed by atoms with Gasteiger partial charge in [0.25, 0.3) is 0 Å². The van der Waals surface area contributed by atoms with Crippen molar-refractivity contribution in [3.63, 3.8) is 0 Å². The van der Waals surface area contributed by atoms with Crippen LogP contribution < -0.4 is 5.32 Å². The molecule has 1 N–H and O–H groups in total. The number of nitrogens with one attached hydrogen (secondary N) is 1. The second-order valence-corrected chi connectivity index (χ2v) is 7.35. The molecule has 1 nitrogen and oxygen atoms in total. The molecule has 0 spiro atoms. The summed E-state index contributed by atoms with van der Waals surface area (Å²) in [5, 5.41) is 5.72. The molecule has 1 heterocycles. The lowest BCUT2D eigenvalue weighted by Gasteiger charge is -2.20. The summed E-state index contributed by atoms with van der Waals surface area (Å²) in [6, 6.07) is 2.25. The third-order valence-electron chi connectivity index (χ3n) is 3.14. The zero-order valence-corrected chi connectivity index (χ0v) is 13.7. The van der Waals surface area contributed by atoms with E-state index in [4.69, 9.17) is 0 Å². The van der Waals surface area contributed by atoms with Gasteiger partial charge in [0.1, 0.15) is 0 Å². The lowest BCUT2D eigenvalue weighted by molar-refractivity contribution is 0.359. The summed E-state index contributed by atoms with van der Waals surface area (Å²) in [5.74, 6) is 2.21. The van der Waals surface area contributed by atoms with E-state index in [1.54, 1.807) is 0 Å². The van der Waals surface area contributed by atoms with E-state index in [9.17, 15) is 0 Å². The zero-order valence-electron chi connectivity index (χ0n) is 11.3. The minimum absolute atomic E-state index is 0.731. The van der Waals surface area contributed by atoms with Gasteiger partial charge in [-0.25, -0.2) is 0 Å². The van der Waals surface area contributed by atoms with Crippen molar-refractivity contribution in [2.24, 2.45) is 17.8 Å². The number of hydrogen-bond acceptors (Lipinski definition) is 2. The summed E-state index contributed by atoms with van der Waals surface area (Å²) in [6.45, 7) is 11.5. The van der Waals surface area contributed by atoms with Crippen molar-refractivity contribution in [1.82, 2.24) is 5.32 Å². The van der Waals surface area contributed by atoms with E-state index in [1.807, 2.05) is 11.3 Å². The fraction of sp³-hybridized carbons (Fsp3) is 0.714. The Balaban J connectivity index is 2.29. The SMILES string of the molecule is CC(C)CNCC(C)C(C)Cc1cc(Br)cs1. The largest absolute Gasteiger partial charge is 0.316 e. The van der Waals surface area contributed by atoms with Crippen LogP contribution in [-0.4, -0.2) is 13.1 Å². The van der Waals surface area contributed by atoms with Crippen LogP contribution in [0.5, 0.6) is 0 Å². The van der Waals surface area contributed by atoms with Crippen molar-refractivity contribution in [2.75, 3.05) is 13.1 Å². The minimum Gasteiger partial charge on any atom is -0.316 e. The lowest BCUT2D eigenvalue weighted by atomic mass is 9.92. The Bertz CT molecular complexity index is 322. The van der Waals surface area contributed by atoms with E-state index in [0.717, 1.165) is 30.8 Å². The van der Waals surface area contributed by atoms with Gasteiger partial charge in [-0.2, -0.15) is 0 Å². The van der Waals surface area contributed by atoms with Gasteiger partial charge < -0.3 is 5.32 Å². The highest BCUT2D eigenvalue weighted by Crippen LogP contribution is 2.24. The van der Waals surface area contributed by atoms with E-state index in [2.05, 4.69) is 60.4 Å². The molecule has 98 valence electrons. The molecule has 2 atom stereocenters. The van der Waals surface area contributed by atoms with Crippen LogP contribution in [-0.2, 0) is 6.42 Å². The normalized spacial score (nSPS) is 15.2. The highest BCUT2D eigenvalue weighted by molar-refractivity contribution is 9.10. The maximum absolute atomic E-state index is 3.55. The first-order chi connectivity index (χ1) is 7.99. The molecule has 0 aromatic carbocycles. The van der Waals surface area contributed by atoms with Gasteiger partial charge in [0.15, 0.2) is 0 Å². The number of rotatable bonds is 7. The summed E-state index contributed by atoms with van der Waals surface area (Å²) in [4.78, 5) is 1.49. The number of thiophene rings is 1. The third kappa shape index (κ3) is 6.03. The Morgan fingerprint density at radius 1 is 1.18 bits per heavy atom. The second kappa shape index (κ2) is 7.55. The Morgan fingerprint density at radius 3 is 2.41 bits per heavy atom. The lowest BCUT2D eigenvalue weighted by Crippen LogP contribution is -2.28. The standard InChI is InChI=1S/C14H24BrNS/c1-10(2)7-16-8-12(4)11(3)5-14-6-13(15)9-17-14/h6,9-12,16H,5,7-8H2,1-4H3. The molecule has 1 aromatic heterocycles. The predicted molar refractivity (Wildman–Crippen MR) is 81.8 cm³/mol. The average Bonchev–Trinajstić information content (AvgIpc) is 2.63. The van der Waals surface area contributed by atoms with Gasteiger partial charge in [0, 0.05) is 14.7 Å². The van der Waals surface area contributed by atoms with Gasteiger partial charge in [0.05, 0.1) is 0 Å². The molecular weight excluding hydrogens is 294 g/mol. The van der Waals surface area contributed by atoms with E-state index < -0.39 is 0 Å². The Hall–Kier alpha value is 0.140. The maximum Gasteiger partial charge on any atom is 0.0285 e. The van der Waals surface area contributed by atoms with Crippen molar-refractivity contribution in [3.05, 3.63) is 20.8 Å². The monoisotopic (exact) mass is 317 g/mol. The number of hydrogen-bond donors (Lipinski definition) is 1. The summed E-state index contributed by atoms with van der Waals surface area (Å²) in [5.41, 5.74) is 0. The van der Waals surface area contributed by atoms with Crippen LogP contribution >= 0.6 is 27.3 Å². The fourth-order valence-corrected chi connectivity index (χ4v) is 3.37. The Kier molecular flexibility index (Phi) is 6.75. The molecule has 0 bridgehead atoms. The van der Waals surface area contributed by atoms with Gasteiger partial charge in [0.2, 0.25) is 0 Å². The summed E-state index contributed by atoms with van der Waals surface area (Å²) in [7, 11) is 0. The van der Waals surface area contributed by atoms with Crippen LogP contribution in [0.25, 0.3) is 0 Å².